The summed E-state index contributed by atoms with van der Waals surface area (Å²) in [6.45, 7) is 6.46. The standard InChI is InChI=1S/C12H21N7S/c1-3-5-18-10(7-13)16-17-12(18)20-8-11-14-9-15-19(11)6-4-2/h9H,3-8,13H2,1-2H3. The lowest BCUT2D eigenvalue weighted by molar-refractivity contribution is 0.579. The van der Waals surface area contributed by atoms with Gasteiger partial charge in [-0.3, -0.25) is 0 Å². The zero-order valence-electron chi connectivity index (χ0n) is 12.0. The number of hydrogen-bond acceptors (Lipinski definition) is 6. The first-order valence-corrected chi connectivity index (χ1v) is 7.90. The Morgan fingerprint density at radius 3 is 2.65 bits per heavy atom. The number of thioether (sulfide) groups is 1. The summed E-state index contributed by atoms with van der Waals surface area (Å²) in [5.41, 5.74) is 5.69. The van der Waals surface area contributed by atoms with Gasteiger partial charge in [-0.1, -0.05) is 25.6 Å². The minimum Gasteiger partial charge on any atom is -0.324 e. The topological polar surface area (TPSA) is 87.4 Å². The Labute approximate surface area is 123 Å². The first-order chi connectivity index (χ1) is 9.80. The zero-order valence-corrected chi connectivity index (χ0v) is 12.8. The fourth-order valence-corrected chi connectivity index (χ4v) is 2.89. The van der Waals surface area contributed by atoms with E-state index in [0.717, 1.165) is 48.5 Å². The quantitative estimate of drug-likeness (QED) is 0.741. The molecule has 0 saturated heterocycles. The molecular formula is C12H21N7S. The average molecular weight is 295 g/mol. The molecule has 2 aromatic rings. The van der Waals surface area contributed by atoms with Gasteiger partial charge < -0.3 is 10.3 Å². The van der Waals surface area contributed by atoms with Gasteiger partial charge in [0.2, 0.25) is 0 Å². The van der Waals surface area contributed by atoms with Crippen molar-refractivity contribution >= 4 is 11.8 Å². The van der Waals surface area contributed by atoms with Crippen molar-refractivity contribution in [3.8, 4) is 0 Å². The smallest absolute Gasteiger partial charge is 0.191 e. The van der Waals surface area contributed by atoms with Crippen LogP contribution >= 0.6 is 11.8 Å². The van der Waals surface area contributed by atoms with Crippen LogP contribution in [0.25, 0.3) is 0 Å². The zero-order chi connectivity index (χ0) is 14.4. The van der Waals surface area contributed by atoms with E-state index in [-0.39, 0.29) is 0 Å². The molecule has 0 bridgehead atoms. The van der Waals surface area contributed by atoms with Crippen LogP contribution in [-0.4, -0.2) is 29.5 Å². The predicted molar refractivity (Wildman–Crippen MR) is 78.1 cm³/mol. The fourth-order valence-electron chi connectivity index (χ4n) is 1.95. The van der Waals surface area contributed by atoms with Crippen molar-refractivity contribution in [3.63, 3.8) is 0 Å². The molecule has 2 rings (SSSR count). The van der Waals surface area contributed by atoms with Crippen LogP contribution in [0, 0.1) is 0 Å². The number of aromatic nitrogens is 6. The maximum absolute atomic E-state index is 5.69. The summed E-state index contributed by atoms with van der Waals surface area (Å²) in [5, 5.41) is 13.5. The molecule has 0 atom stereocenters. The molecule has 8 heteroatoms. The maximum atomic E-state index is 5.69. The van der Waals surface area contributed by atoms with E-state index in [1.807, 2.05) is 4.68 Å². The van der Waals surface area contributed by atoms with Crippen molar-refractivity contribution < 1.29 is 0 Å². The highest BCUT2D eigenvalue weighted by atomic mass is 32.2. The number of nitrogens with two attached hydrogens (primary N) is 1. The fraction of sp³-hybridized carbons (Fsp3) is 0.667. The second kappa shape index (κ2) is 7.39. The van der Waals surface area contributed by atoms with Gasteiger partial charge in [0.15, 0.2) is 5.16 Å². The third-order valence-corrected chi connectivity index (χ3v) is 3.85. The highest BCUT2D eigenvalue weighted by Crippen LogP contribution is 2.21. The first-order valence-electron chi connectivity index (χ1n) is 6.91. The second-order valence-corrected chi connectivity index (χ2v) is 5.39. The van der Waals surface area contributed by atoms with E-state index < -0.39 is 0 Å². The molecule has 110 valence electrons. The molecule has 2 aromatic heterocycles. The Bertz CT molecular complexity index is 534. The average Bonchev–Trinajstić information content (AvgIpc) is 3.04. The van der Waals surface area contributed by atoms with E-state index in [2.05, 4.69) is 38.7 Å². The summed E-state index contributed by atoms with van der Waals surface area (Å²) in [7, 11) is 0. The number of rotatable bonds is 8. The van der Waals surface area contributed by atoms with Crippen LogP contribution in [-0.2, 0) is 25.4 Å². The molecule has 0 aliphatic carbocycles. The SMILES string of the molecule is CCCn1ncnc1CSc1nnc(CN)n1CCC. The van der Waals surface area contributed by atoms with E-state index in [4.69, 9.17) is 5.73 Å². The van der Waals surface area contributed by atoms with Crippen LogP contribution < -0.4 is 5.73 Å². The lowest BCUT2D eigenvalue weighted by Crippen LogP contribution is -2.09. The van der Waals surface area contributed by atoms with E-state index in [0.29, 0.717) is 6.54 Å². The van der Waals surface area contributed by atoms with Gasteiger partial charge in [-0.2, -0.15) is 5.10 Å². The first kappa shape index (κ1) is 15.0. The summed E-state index contributed by atoms with van der Waals surface area (Å²) in [4.78, 5) is 4.30. The molecule has 0 spiro atoms. The second-order valence-electron chi connectivity index (χ2n) is 4.44. The van der Waals surface area contributed by atoms with E-state index in [1.54, 1.807) is 18.1 Å². The van der Waals surface area contributed by atoms with Crippen LogP contribution in [0.15, 0.2) is 11.5 Å². The van der Waals surface area contributed by atoms with Crippen LogP contribution in [0.3, 0.4) is 0 Å². The molecule has 20 heavy (non-hydrogen) atoms. The molecule has 0 aromatic carbocycles. The van der Waals surface area contributed by atoms with Gasteiger partial charge in [0, 0.05) is 13.1 Å². The summed E-state index contributed by atoms with van der Waals surface area (Å²) < 4.78 is 4.03. The molecule has 0 radical (unpaired) electrons. The summed E-state index contributed by atoms with van der Waals surface area (Å²) >= 11 is 1.63. The van der Waals surface area contributed by atoms with Gasteiger partial charge >= 0.3 is 0 Å². The third-order valence-electron chi connectivity index (χ3n) is 2.88. The van der Waals surface area contributed by atoms with E-state index in [9.17, 15) is 0 Å². The highest BCUT2D eigenvalue weighted by molar-refractivity contribution is 7.98. The van der Waals surface area contributed by atoms with Crippen molar-refractivity contribution in [1.29, 1.82) is 0 Å². The van der Waals surface area contributed by atoms with Gasteiger partial charge in [0.25, 0.3) is 0 Å². The molecule has 2 heterocycles. The Morgan fingerprint density at radius 1 is 1.15 bits per heavy atom. The Balaban J connectivity index is 2.06. The van der Waals surface area contributed by atoms with Crippen LogP contribution in [0.2, 0.25) is 0 Å². The molecule has 0 aliphatic rings. The molecule has 0 saturated carbocycles. The van der Waals surface area contributed by atoms with Crippen LogP contribution in [0.5, 0.6) is 0 Å². The van der Waals surface area contributed by atoms with Gasteiger partial charge in [0.05, 0.1) is 12.3 Å². The largest absolute Gasteiger partial charge is 0.324 e. The van der Waals surface area contributed by atoms with Gasteiger partial charge in [-0.15, -0.1) is 10.2 Å². The van der Waals surface area contributed by atoms with Crippen molar-refractivity contribution in [2.45, 2.75) is 57.2 Å². The van der Waals surface area contributed by atoms with E-state index in [1.165, 1.54) is 0 Å². The number of hydrogen-bond donors (Lipinski definition) is 1. The van der Waals surface area contributed by atoms with Gasteiger partial charge in [-0.25, -0.2) is 9.67 Å². The molecule has 0 unspecified atom stereocenters. The lowest BCUT2D eigenvalue weighted by Gasteiger charge is -2.07. The molecule has 2 N–H and O–H groups in total. The minimum absolute atomic E-state index is 0.416. The van der Waals surface area contributed by atoms with Crippen LogP contribution in [0.4, 0.5) is 0 Å². The van der Waals surface area contributed by atoms with Gasteiger partial charge in [-0.05, 0) is 12.8 Å². The summed E-state index contributed by atoms with van der Waals surface area (Å²) in [6, 6.07) is 0. The maximum Gasteiger partial charge on any atom is 0.191 e. The number of aryl methyl sites for hydroxylation is 1. The van der Waals surface area contributed by atoms with E-state index >= 15 is 0 Å². The monoisotopic (exact) mass is 295 g/mol. The molecular weight excluding hydrogens is 274 g/mol. The molecule has 0 amide bonds. The van der Waals surface area contributed by atoms with Crippen molar-refractivity contribution in [2.75, 3.05) is 0 Å². The highest BCUT2D eigenvalue weighted by Gasteiger charge is 2.12. The molecule has 0 fully saturated rings. The number of nitrogens with zero attached hydrogens (tertiary/aromatic N) is 6. The third kappa shape index (κ3) is 3.37. The molecule has 7 nitrogen and oxygen atoms in total. The normalized spacial score (nSPS) is 11.2. The Morgan fingerprint density at radius 2 is 1.95 bits per heavy atom. The van der Waals surface area contributed by atoms with Gasteiger partial charge in [0.1, 0.15) is 18.0 Å². The Hall–Kier alpha value is -1.41. The van der Waals surface area contributed by atoms with Crippen molar-refractivity contribution in [1.82, 2.24) is 29.5 Å². The molecule has 0 aliphatic heterocycles. The lowest BCUT2D eigenvalue weighted by atomic mass is 10.4. The predicted octanol–water partition coefficient (Wildman–Crippen LogP) is 1.44. The summed E-state index contributed by atoms with van der Waals surface area (Å²) in [5.74, 6) is 2.55. The summed E-state index contributed by atoms with van der Waals surface area (Å²) in [6.07, 6.45) is 3.68. The van der Waals surface area contributed by atoms with Crippen LogP contribution in [0.1, 0.15) is 38.3 Å². The Kier molecular flexibility index (Phi) is 5.54. The van der Waals surface area contributed by atoms with Crippen molar-refractivity contribution in [2.24, 2.45) is 5.73 Å². The minimum atomic E-state index is 0.416. The van der Waals surface area contributed by atoms with Crippen molar-refractivity contribution in [3.05, 3.63) is 18.0 Å².